The normalized spacial score (nSPS) is 16.4. The van der Waals surface area contributed by atoms with E-state index in [1.165, 1.54) is 26.2 Å². The second-order valence-corrected chi connectivity index (χ2v) is 9.89. The van der Waals surface area contributed by atoms with E-state index < -0.39 is 17.7 Å². The lowest BCUT2D eigenvalue weighted by Gasteiger charge is -2.26. The van der Waals surface area contributed by atoms with Gasteiger partial charge in [0.15, 0.2) is 11.5 Å². The smallest absolute Gasteiger partial charge is 0.296 e. The van der Waals surface area contributed by atoms with Gasteiger partial charge in [-0.1, -0.05) is 19.9 Å². The van der Waals surface area contributed by atoms with Gasteiger partial charge in [0.25, 0.3) is 11.7 Å². The number of rotatable bonds is 10. The SMILES string of the molecule is COc1cc(C2/C(=C(\O)c3ccc(OCC(C)C)c(C)c3)C(=O)C(=O)N2Cc2ccccn2)cc(OC)c1OC. The zero-order valence-electron chi connectivity index (χ0n) is 23.6. The second kappa shape index (κ2) is 12.1. The van der Waals surface area contributed by atoms with Crippen LogP contribution in [0.5, 0.6) is 23.0 Å². The standard InChI is InChI=1S/C31H34N2O7/c1-18(2)17-40-23-11-10-20(13-19(23)3)28(34)26-27(21-14-24(37-4)30(39-6)25(15-21)38-5)33(31(36)29(26)35)16-22-9-7-8-12-32-22/h7-15,18,27,34H,16-17H2,1-6H3/b28-26+. The Morgan fingerprint density at radius 2 is 1.68 bits per heavy atom. The van der Waals surface area contributed by atoms with Crippen LogP contribution in [0, 0.1) is 12.8 Å². The fraction of sp³-hybridized carbons (Fsp3) is 0.323. The number of nitrogens with zero attached hydrogens (tertiary/aromatic N) is 2. The number of ketones is 1. The summed E-state index contributed by atoms with van der Waals surface area (Å²) >= 11 is 0. The Bertz CT molecular complexity index is 1410. The number of benzene rings is 2. The second-order valence-electron chi connectivity index (χ2n) is 9.89. The maximum absolute atomic E-state index is 13.5. The molecule has 1 aromatic heterocycles. The lowest BCUT2D eigenvalue weighted by molar-refractivity contribution is -0.140. The van der Waals surface area contributed by atoms with E-state index in [1.807, 2.05) is 6.92 Å². The molecule has 1 atom stereocenters. The van der Waals surface area contributed by atoms with E-state index in [-0.39, 0.29) is 17.9 Å². The summed E-state index contributed by atoms with van der Waals surface area (Å²) in [5, 5.41) is 11.5. The first-order valence-electron chi connectivity index (χ1n) is 12.9. The lowest BCUT2D eigenvalue weighted by atomic mass is 9.94. The maximum Gasteiger partial charge on any atom is 0.296 e. The highest BCUT2D eigenvalue weighted by Gasteiger charge is 2.46. The molecule has 0 radical (unpaired) electrons. The highest BCUT2D eigenvalue weighted by Crippen LogP contribution is 2.46. The molecule has 1 fully saturated rings. The zero-order valence-corrected chi connectivity index (χ0v) is 23.6. The number of hydrogen-bond donors (Lipinski definition) is 1. The highest BCUT2D eigenvalue weighted by atomic mass is 16.5. The first kappa shape index (κ1) is 28.5. The van der Waals surface area contributed by atoms with Crippen LogP contribution in [0.15, 0.2) is 60.3 Å². The summed E-state index contributed by atoms with van der Waals surface area (Å²) in [5.41, 5.74) is 2.22. The van der Waals surface area contributed by atoms with E-state index in [4.69, 9.17) is 18.9 Å². The van der Waals surface area contributed by atoms with Gasteiger partial charge in [-0.05, 0) is 66.4 Å². The molecule has 1 N–H and O–H groups in total. The molecule has 1 aliphatic heterocycles. The Labute approximate surface area is 234 Å². The molecule has 9 heteroatoms. The summed E-state index contributed by atoms with van der Waals surface area (Å²) < 4.78 is 22.4. The van der Waals surface area contributed by atoms with Gasteiger partial charge in [0, 0.05) is 11.8 Å². The molecule has 0 bridgehead atoms. The van der Waals surface area contributed by atoms with Crippen molar-refractivity contribution in [1.29, 1.82) is 0 Å². The molecule has 3 aromatic rings. The Kier molecular flexibility index (Phi) is 8.62. The number of hydrogen-bond acceptors (Lipinski definition) is 8. The van der Waals surface area contributed by atoms with Crippen LogP contribution in [0.2, 0.25) is 0 Å². The Morgan fingerprint density at radius 3 is 2.23 bits per heavy atom. The topological polar surface area (TPSA) is 107 Å². The molecule has 0 spiro atoms. The van der Waals surface area contributed by atoms with Gasteiger partial charge in [0.2, 0.25) is 5.75 Å². The van der Waals surface area contributed by atoms with E-state index in [9.17, 15) is 14.7 Å². The molecule has 0 saturated carbocycles. The summed E-state index contributed by atoms with van der Waals surface area (Å²) in [7, 11) is 4.46. The first-order chi connectivity index (χ1) is 19.2. The van der Waals surface area contributed by atoms with Crippen molar-refractivity contribution in [2.24, 2.45) is 5.92 Å². The van der Waals surface area contributed by atoms with Gasteiger partial charge in [0.05, 0.1) is 51.8 Å². The van der Waals surface area contributed by atoms with Crippen LogP contribution in [-0.4, -0.2) is 54.6 Å². The predicted octanol–water partition coefficient (Wildman–Crippen LogP) is 5.07. The molecule has 0 aliphatic carbocycles. The van der Waals surface area contributed by atoms with Crippen LogP contribution in [0.4, 0.5) is 0 Å². The molecule has 1 unspecified atom stereocenters. The van der Waals surface area contributed by atoms with Gasteiger partial charge in [-0.2, -0.15) is 0 Å². The van der Waals surface area contributed by atoms with Crippen LogP contribution in [0.1, 0.15) is 42.3 Å². The highest BCUT2D eigenvalue weighted by molar-refractivity contribution is 6.46. The van der Waals surface area contributed by atoms with Gasteiger partial charge >= 0.3 is 0 Å². The summed E-state index contributed by atoms with van der Waals surface area (Å²) in [6.07, 6.45) is 1.62. The molecule has 2 aromatic carbocycles. The van der Waals surface area contributed by atoms with Crippen molar-refractivity contribution in [3.63, 3.8) is 0 Å². The monoisotopic (exact) mass is 546 g/mol. The summed E-state index contributed by atoms with van der Waals surface area (Å²) in [5.74, 6) is 0.250. The van der Waals surface area contributed by atoms with E-state index >= 15 is 0 Å². The third kappa shape index (κ3) is 5.59. The van der Waals surface area contributed by atoms with Crippen LogP contribution < -0.4 is 18.9 Å². The minimum absolute atomic E-state index is 0.0462. The lowest BCUT2D eigenvalue weighted by Crippen LogP contribution is -2.29. The average Bonchev–Trinajstić information content (AvgIpc) is 3.20. The Morgan fingerprint density at radius 1 is 0.975 bits per heavy atom. The molecule has 2 heterocycles. The Balaban J connectivity index is 1.88. The number of aliphatic hydroxyl groups is 1. The molecule has 1 saturated heterocycles. The Hall–Kier alpha value is -4.53. The number of pyridine rings is 1. The molecule has 1 aliphatic rings. The van der Waals surface area contributed by atoms with Crippen LogP contribution in [0.3, 0.4) is 0 Å². The number of carbonyl (C=O) groups is 2. The minimum atomic E-state index is -0.951. The number of aliphatic hydroxyl groups excluding tert-OH is 1. The largest absolute Gasteiger partial charge is 0.507 e. The predicted molar refractivity (Wildman–Crippen MR) is 150 cm³/mol. The molecule has 40 heavy (non-hydrogen) atoms. The number of amides is 1. The average molecular weight is 547 g/mol. The van der Waals surface area contributed by atoms with Gasteiger partial charge in [-0.3, -0.25) is 14.6 Å². The van der Waals surface area contributed by atoms with Crippen molar-refractivity contribution in [1.82, 2.24) is 9.88 Å². The summed E-state index contributed by atoms with van der Waals surface area (Å²) in [4.78, 5) is 32.7. The van der Waals surface area contributed by atoms with Gasteiger partial charge in [-0.25, -0.2) is 0 Å². The van der Waals surface area contributed by atoms with Crippen LogP contribution in [0.25, 0.3) is 5.76 Å². The van der Waals surface area contributed by atoms with E-state index in [1.54, 1.807) is 54.7 Å². The number of Topliss-reactive ketones (excluding diaryl/α,β-unsaturated/α-hetero) is 1. The third-order valence-electron chi connectivity index (χ3n) is 6.62. The summed E-state index contributed by atoms with van der Waals surface area (Å²) in [6.45, 7) is 6.57. The molecule has 4 rings (SSSR count). The van der Waals surface area contributed by atoms with E-state index in [0.717, 1.165) is 5.56 Å². The van der Waals surface area contributed by atoms with Crippen molar-refractivity contribution in [2.75, 3.05) is 27.9 Å². The quantitative estimate of drug-likeness (QED) is 0.213. The molecular weight excluding hydrogens is 512 g/mol. The van der Waals surface area contributed by atoms with Gasteiger partial charge in [0.1, 0.15) is 11.5 Å². The molecular formula is C31H34N2O7. The minimum Gasteiger partial charge on any atom is -0.507 e. The number of aryl methyl sites for hydroxylation is 1. The van der Waals surface area contributed by atoms with Gasteiger partial charge < -0.3 is 29.0 Å². The molecule has 210 valence electrons. The summed E-state index contributed by atoms with van der Waals surface area (Å²) in [6, 6.07) is 12.9. The van der Waals surface area contributed by atoms with Crippen molar-refractivity contribution in [2.45, 2.75) is 33.4 Å². The van der Waals surface area contributed by atoms with Gasteiger partial charge in [-0.15, -0.1) is 0 Å². The zero-order chi connectivity index (χ0) is 29.0. The van der Waals surface area contributed by atoms with Crippen molar-refractivity contribution < 1.29 is 33.6 Å². The number of methoxy groups -OCH3 is 3. The number of likely N-dealkylation sites (tertiary alicyclic amines) is 1. The molecule has 9 nitrogen and oxygen atoms in total. The maximum atomic E-state index is 13.5. The van der Waals surface area contributed by atoms with Crippen molar-refractivity contribution >= 4 is 17.4 Å². The van der Waals surface area contributed by atoms with Crippen molar-refractivity contribution in [3.05, 3.63) is 82.7 Å². The molecule has 1 amide bonds. The first-order valence-corrected chi connectivity index (χ1v) is 12.9. The number of carbonyl (C=O) groups excluding carboxylic acids is 2. The third-order valence-corrected chi connectivity index (χ3v) is 6.62. The van der Waals surface area contributed by atoms with Crippen LogP contribution in [-0.2, 0) is 16.1 Å². The number of aromatic nitrogens is 1. The number of ether oxygens (including phenoxy) is 4. The van der Waals surface area contributed by atoms with Crippen LogP contribution >= 0.6 is 0 Å². The fourth-order valence-corrected chi connectivity index (χ4v) is 4.69. The van der Waals surface area contributed by atoms with E-state index in [0.29, 0.717) is 52.3 Å². The van der Waals surface area contributed by atoms with E-state index in [2.05, 4.69) is 18.8 Å². The van der Waals surface area contributed by atoms with Crippen molar-refractivity contribution in [3.8, 4) is 23.0 Å². The fourth-order valence-electron chi connectivity index (χ4n) is 4.69.